The normalized spacial score (nSPS) is 10.9. The monoisotopic (exact) mass is 310 g/mol. The van der Waals surface area contributed by atoms with Crippen LogP contribution in [0.15, 0.2) is 42.6 Å². The summed E-state index contributed by atoms with van der Waals surface area (Å²) < 4.78 is 7.31. The number of nitrogens with zero attached hydrogens (tertiary/aromatic N) is 2. The Morgan fingerprint density at radius 1 is 1.26 bits per heavy atom. The first-order valence-corrected chi connectivity index (χ1v) is 7.51. The third-order valence-corrected chi connectivity index (χ3v) is 3.70. The molecule has 3 rings (SSSR count). The molecule has 5 nitrogen and oxygen atoms in total. The third kappa shape index (κ3) is 2.90. The van der Waals surface area contributed by atoms with Gasteiger partial charge in [-0.15, -0.1) is 0 Å². The average molecular weight is 310 g/mol. The number of aliphatic carboxylic acids is 1. The lowest BCUT2D eigenvalue weighted by Gasteiger charge is -2.05. The van der Waals surface area contributed by atoms with E-state index in [2.05, 4.69) is 4.98 Å². The van der Waals surface area contributed by atoms with Crippen LogP contribution < -0.4 is 4.74 Å². The van der Waals surface area contributed by atoms with Crippen molar-refractivity contribution in [3.05, 3.63) is 53.9 Å². The Balaban J connectivity index is 2.15. The van der Waals surface area contributed by atoms with Crippen LogP contribution in [0, 0.1) is 6.92 Å². The SMILES string of the molecule is CCOc1ccc(-c2nc3c(C)cccn3c2CC(=O)O)cc1. The second-order valence-corrected chi connectivity index (χ2v) is 5.32. The van der Waals surface area contributed by atoms with Crippen molar-refractivity contribution in [2.45, 2.75) is 20.3 Å². The van der Waals surface area contributed by atoms with Gasteiger partial charge in [-0.05, 0) is 49.7 Å². The lowest BCUT2D eigenvalue weighted by atomic mass is 10.1. The summed E-state index contributed by atoms with van der Waals surface area (Å²) in [7, 11) is 0. The Kier molecular flexibility index (Phi) is 4.02. The standard InChI is InChI=1S/C18H18N2O3/c1-3-23-14-8-6-13(7-9-14)17-15(11-16(21)22)20-10-4-5-12(2)18(20)19-17/h4-10H,3,11H2,1-2H3,(H,21,22). The van der Waals surface area contributed by atoms with Gasteiger partial charge in [0.05, 0.1) is 24.4 Å². The van der Waals surface area contributed by atoms with Crippen molar-refractivity contribution in [2.24, 2.45) is 0 Å². The maximum absolute atomic E-state index is 11.3. The number of carbonyl (C=O) groups is 1. The van der Waals surface area contributed by atoms with E-state index < -0.39 is 5.97 Å². The van der Waals surface area contributed by atoms with Crippen LogP contribution in [-0.4, -0.2) is 27.1 Å². The van der Waals surface area contributed by atoms with E-state index >= 15 is 0 Å². The number of fused-ring (bicyclic) bond motifs is 1. The molecule has 5 heteroatoms. The molecule has 0 unspecified atom stereocenters. The highest BCUT2D eigenvalue weighted by Crippen LogP contribution is 2.27. The van der Waals surface area contributed by atoms with Crippen molar-refractivity contribution >= 4 is 11.6 Å². The molecule has 2 aromatic heterocycles. The van der Waals surface area contributed by atoms with Crippen LogP contribution in [0.1, 0.15) is 18.2 Å². The van der Waals surface area contributed by atoms with E-state index in [-0.39, 0.29) is 6.42 Å². The van der Waals surface area contributed by atoms with E-state index in [4.69, 9.17) is 4.74 Å². The van der Waals surface area contributed by atoms with Crippen molar-refractivity contribution in [1.29, 1.82) is 0 Å². The van der Waals surface area contributed by atoms with E-state index in [1.54, 1.807) is 0 Å². The number of hydrogen-bond donors (Lipinski definition) is 1. The highest BCUT2D eigenvalue weighted by Gasteiger charge is 2.17. The van der Waals surface area contributed by atoms with Crippen molar-refractivity contribution in [3.63, 3.8) is 0 Å². The molecule has 1 N–H and O–H groups in total. The number of aromatic nitrogens is 2. The van der Waals surface area contributed by atoms with Gasteiger partial charge in [-0.2, -0.15) is 0 Å². The Hall–Kier alpha value is -2.82. The molecule has 0 atom stereocenters. The summed E-state index contributed by atoms with van der Waals surface area (Å²) in [6.45, 7) is 4.51. The van der Waals surface area contributed by atoms with Crippen molar-refractivity contribution in [3.8, 4) is 17.0 Å². The van der Waals surface area contributed by atoms with Gasteiger partial charge < -0.3 is 14.2 Å². The minimum Gasteiger partial charge on any atom is -0.494 e. The fourth-order valence-corrected chi connectivity index (χ4v) is 2.67. The Bertz CT molecular complexity index is 851. The lowest BCUT2D eigenvalue weighted by Crippen LogP contribution is -2.04. The number of carboxylic acids is 1. The first-order chi connectivity index (χ1) is 11.1. The molecule has 0 amide bonds. The van der Waals surface area contributed by atoms with Crippen LogP contribution >= 0.6 is 0 Å². The van der Waals surface area contributed by atoms with Crippen molar-refractivity contribution in [1.82, 2.24) is 9.38 Å². The molecule has 118 valence electrons. The van der Waals surface area contributed by atoms with E-state index in [1.807, 2.05) is 60.8 Å². The Morgan fingerprint density at radius 2 is 2.00 bits per heavy atom. The Labute approximate surface area is 134 Å². The quantitative estimate of drug-likeness (QED) is 0.785. The number of ether oxygens (including phenoxy) is 1. The third-order valence-electron chi connectivity index (χ3n) is 3.70. The molecule has 23 heavy (non-hydrogen) atoms. The van der Waals surface area contributed by atoms with Crippen LogP contribution in [0.3, 0.4) is 0 Å². The summed E-state index contributed by atoms with van der Waals surface area (Å²) in [6, 6.07) is 11.4. The molecule has 0 spiro atoms. The minimum absolute atomic E-state index is 0.0762. The summed E-state index contributed by atoms with van der Waals surface area (Å²) in [5.41, 5.74) is 4.06. The molecule has 0 fully saturated rings. The van der Waals surface area contributed by atoms with Gasteiger partial charge in [0.25, 0.3) is 0 Å². The minimum atomic E-state index is -0.875. The molecule has 0 bridgehead atoms. The predicted octanol–water partition coefficient (Wildman–Crippen LogP) is 3.34. The lowest BCUT2D eigenvalue weighted by molar-refractivity contribution is -0.136. The summed E-state index contributed by atoms with van der Waals surface area (Å²) in [5.74, 6) is -0.0866. The largest absolute Gasteiger partial charge is 0.494 e. The van der Waals surface area contributed by atoms with Crippen LogP contribution in [0.5, 0.6) is 5.75 Å². The van der Waals surface area contributed by atoms with E-state index in [1.165, 1.54) is 0 Å². The molecule has 0 aliphatic carbocycles. The fourth-order valence-electron chi connectivity index (χ4n) is 2.67. The number of benzene rings is 1. The molecule has 0 saturated carbocycles. The van der Waals surface area contributed by atoms with Gasteiger partial charge in [0.2, 0.25) is 0 Å². The van der Waals surface area contributed by atoms with Gasteiger partial charge in [0.1, 0.15) is 11.4 Å². The number of pyridine rings is 1. The zero-order valence-electron chi connectivity index (χ0n) is 13.1. The maximum Gasteiger partial charge on any atom is 0.309 e. The van der Waals surface area contributed by atoms with Gasteiger partial charge in [-0.1, -0.05) is 6.07 Å². The molecular weight excluding hydrogens is 292 g/mol. The molecule has 3 aromatic rings. The summed E-state index contributed by atoms with van der Waals surface area (Å²) in [5, 5.41) is 9.24. The first kappa shape index (κ1) is 15.1. The predicted molar refractivity (Wildman–Crippen MR) is 87.9 cm³/mol. The topological polar surface area (TPSA) is 63.8 Å². The van der Waals surface area contributed by atoms with E-state index in [0.29, 0.717) is 18.0 Å². The Morgan fingerprint density at radius 3 is 2.65 bits per heavy atom. The number of imidazole rings is 1. The molecule has 2 heterocycles. The zero-order chi connectivity index (χ0) is 16.4. The smallest absolute Gasteiger partial charge is 0.309 e. The zero-order valence-corrected chi connectivity index (χ0v) is 13.1. The second-order valence-electron chi connectivity index (χ2n) is 5.32. The molecule has 0 radical (unpaired) electrons. The number of carboxylic acid groups (broad SMARTS) is 1. The summed E-state index contributed by atoms with van der Waals surface area (Å²) >= 11 is 0. The van der Waals surface area contributed by atoms with Crippen molar-refractivity contribution < 1.29 is 14.6 Å². The molecular formula is C18H18N2O3. The second kappa shape index (κ2) is 6.12. The molecule has 0 aliphatic rings. The first-order valence-electron chi connectivity index (χ1n) is 7.51. The van der Waals surface area contributed by atoms with E-state index in [9.17, 15) is 9.90 Å². The maximum atomic E-state index is 11.3. The van der Waals surface area contributed by atoms with Gasteiger partial charge >= 0.3 is 5.97 Å². The van der Waals surface area contributed by atoms with Gasteiger partial charge in [0, 0.05) is 11.8 Å². The summed E-state index contributed by atoms with van der Waals surface area (Å²) in [6.07, 6.45) is 1.78. The number of rotatable bonds is 5. The van der Waals surface area contributed by atoms with Gasteiger partial charge in [-0.3, -0.25) is 4.79 Å². The van der Waals surface area contributed by atoms with Crippen LogP contribution in [0.2, 0.25) is 0 Å². The van der Waals surface area contributed by atoms with E-state index in [0.717, 1.165) is 22.5 Å². The number of aryl methyl sites for hydroxylation is 1. The number of hydrogen-bond acceptors (Lipinski definition) is 3. The molecule has 0 aliphatic heterocycles. The van der Waals surface area contributed by atoms with Crippen LogP contribution in [0.4, 0.5) is 0 Å². The summed E-state index contributed by atoms with van der Waals surface area (Å²) in [4.78, 5) is 15.9. The van der Waals surface area contributed by atoms with Gasteiger partial charge in [-0.25, -0.2) is 4.98 Å². The van der Waals surface area contributed by atoms with Gasteiger partial charge in [0.15, 0.2) is 0 Å². The fraction of sp³-hybridized carbons (Fsp3) is 0.222. The van der Waals surface area contributed by atoms with Crippen LogP contribution in [0.25, 0.3) is 16.9 Å². The van der Waals surface area contributed by atoms with Crippen molar-refractivity contribution in [2.75, 3.05) is 6.61 Å². The highest BCUT2D eigenvalue weighted by molar-refractivity contribution is 5.76. The van der Waals surface area contributed by atoms with Crippen LogP contribution in [-0.2, 0) is 11.2 Å². The average Bonchev–Trinajstić information content (AvgIpc) is 2.88. The molecule has 1 aromatic carbocycles. The molecule has 0 saturated heterocycles. The highest BCUT2D eigenvalue weighted by atomic mass is 16.5.